The van der Waals surface area contributed by atoms with Gasteiger partial charge in [0.1, 0.15) is 28.4 Å². The molecule has 1 fully saturated rings. The number of carbonyl (C=O) groups is 1. The molecule has 1 aromatic rings. The molecule has 0 spiro atoms. The molecule has 1 atom stereocenters. The summed E-state index contributed by atoms with van der Waals surface area (Å²) >= 11 is 0. The van der Waals surface area contributed by atoms with Crippen LogP contribution in [0.4, 0.5) is 4.39 Å². The summed E-state index contributed by atoms with van der Waals surface area (Å²) in [4.78, 5) is 10.7. The monoisotopic (exact) mass is 313 g/mol. The topological polar surface area (TPSA) is 111 Å². The Kier molecular flexibility index (Phi) is 4.22. The molecule has 1 aliphatic rings. The van der Waals surface area contributed by atoms with E-state index in [0.717, 1.165) is 16.4 Å². The zero-order valence-corrected chi connectivity index (χ0v) is 11.6. The Hall–Kier alpha value is -2.02. The molecular formula is C12H12FN3O4S. The van der Waals surface area contributed by atoms with Crippen LogP contribution in [0.2, 0.25) is 0 Å². The Balaban J connectivity index is 2.54. The Morgan fingerprint density at radius 1 is 1.52 bits per heavy atom. The summed E-state index contributed by atoms with van der Waals surface area (Å²) in [6.07, 6.45) is 0. The third-order valence-corrected chi connectivity index (χ3v) is 5.10. The van der Waals surface area contributed by atoms with Gasteiger partial charge in [0.25, 0.3) is 0 Å². The minimum Gasteiger partial charge on any atom is -0.480 e. The van der Waals surface area contributed by atoms with Gasteiger partial charge in [0.15, 0.2) is 0 Å². The summed E-state index contributed by atoms with van der Waals surface area (Å²) < 4.78 is 39.5. The van der Waals surface area contributed by atoms with Crippen LogP contribution in [0.15, 0.2) is 23.1 Å². The van der Waals surface area contributed by atoms with E-state index < -0.39 is 38.3 Å². The lowest BCUT2D eigenvalue weighted by Crippen LogP contribution is -2.56. The van der Waals surface area contributed by atoms with Gasteiger partial charge in [0.05, 0.1) is 0 Å². The maximum atomic E-state index is 13.6. The van der Waals surface area contributed by atoms with Crippen LogP contribution in [0.25, 0.3) is 0 Å². The maximum Gasteiger partial charge on any atom is 0.323 e. The standard InChI is InChI=1S/C12H12FN3O4S/c13-9-2-1-3-11(8(9)6-14)21(19,20)16-5-4-15-7-10(16)12(17)18/h1-3,10,15H,4-5,7H2,(H,17,18). The van der Waals surface area contributed by atoms with E-state index in [1.807, 2.05) is 0 Å². The number of benzene rings is 1. The number of nitrogens with one attached hydrogen (secondary N) is 1. The van der Waals surface area contributed by atoms with Crippen molar-refractivity contribution in [3.8, 4) is 6.07 Å². The zero-order valence-electron chi connectivity index (χ0n) is 10.8. The molecule has 2 N–H and O–H groups in total. The molecule has 1 aliphatic heterocycles. The molecule has 0 radical (unpaired) electrons. The number of halogens is 1. The van der Waals surface area contributed by atoms with Gasteiger partial charge in [-0.3, -0.25) is 4.79 Å². The summed E-state index contributed by atoms with van der Waals surface area (Å²) in [5, 5.41) is 20.8. The zero-order chi connectivity index (χ0) is 15.6. The third-order valence-electron chi connectivity index (χ3n) is 3.15. The molecule has 0 aromatic heterocycles. The Morgan fingerprint density at radius 2 is 2.24 bits per heavy atom. The number of aliphatic carboxylic acids is 1. The number of carboxylic acid groups (broad SMARTS) is 1. The van der Waals surface area contributed by atoms with Crippen molar-refractivity contribution in [1.82, 2.24) is 9.62 Å². The molecule has 0 bridgehead atoms. The molecule has 1 saturated heterocycles. The first-order chi connectivity index (χ1) is 9.89. The van der Waals surface area contributed by atoms with E-state index in [1.54, 1.807) is 0 Å². The highest BCUT2D eigenvalue weighted by Gasteiger charge is 2.39. The third kappa shape index (κ3) is 2.73. The second-order valence-corrected chi connectivity index (χ2v) is 6.26. The van der Waals surface area contributed by atoms with Crippen LogP contribution >= 0.6 is 0 Å². The molecule has 0 saturated carbocycles. The number of carboxylic acids is 1. The summed E-state index contributed by atoms with van der Waals surface area (Å²) in [6, 6.07) is 3.46. The van der Waals surface area contributed by atoms with E-state index in [-0.39, 0.29) is 19.6 Å². The fourth-order valence-electron chi connectivity index (χ4n) is 2.14. The van der Waals surface area contributed by atoms with Crippen LogP contribution in [0.3, 0.4) is 0 Å². The van der Waals surface area contributed by atoms with Crippen molar-refractivity contribution in [3.63, 3.8) is 0 Å². The van der Waals surface area contributed by atoms with Gasteiger partial charge < -0.3 is 10.4 Å². The van der Waals surface area contributed by atoms with Gasteiger partial charge in [-0.25, -0.2) is 12.8 Å². The van der Waals surface area contributed by atoms with Crippen molar-refractivity contribution >= 4 is 16.0 Å². The number of hydrogen-bond donors (Lipinski definition) is 2. The Bertz CT molecular complexity index is 714. The van der Waals surface area contributed by atoms with E-state index in [9.17, 15) is 17.6 Å². The maximum absolute atomic E-state index is 13.6. The molecule has 9 heteroatoms. The first-order valence-corrected chi connectivity index (χ1v) is 7.47. The van der Waals surface area contributed by atoms with Gasteiger partial charge >= 0.3 is 5.97 Å². The number of piperazine rings is 1. The highest BCUT2D eigenvalue weighted by molar-refractivity contribution is 7.89. The van der Waals surface area contributed by atoms with Crippen LogP contribution in [0.1, 0.15) is 5.56 Å². The molecular weight excluding hydrogens is 301 g/mol. The number of rotatable bonds is 3. The van der Waals surface area contributed by atoms with Crippen molar-refractivity contribution in [1.29, 1.82) is 5.26 Å². The average molecular weight is 313 g/mol. The molecule has 1 heterocycles. The quantitative estimate of drug-likeness (QED) is 0.796. The number of hydrogen-bond acceptors (Lipinski definition) is 5. The predicted octanol–water partition coefficient (Wildman–Crippen LogP) is -0.256. The van der Waals surface area contributed by atoms with Crippen molar-refractivity contribution in [2.45, 2.75) is 10.9 Å². The lowest BCUT2D eigenvalue weighted by Gasteiger charge is -2.32. The molecule has 7 nitrogen and oxygen atoms in total. The molecule has 1 aromatic carbocycles. The molecule has 0 aliphatic carbocycles. The lowest BCUT2D eigenvalue weighted by atomic mass is 10.2. The van der Waals surface area contributed by atoms with Crippen LogP contribution < -0.4 is 5.32 Å². The largest absolute Gasteiger partial charge is 0.480 e. The van der Waals surface area contributed by atoms with E-state index in [4.69, 9.17) is 10.4 Å². The Labute approximate surface area is 120 Å². The summed E-state index contributed by atoms with van der Waals surface area (Å²) in [6.45, 7) is 0.159. The summed E-state index contributed by atoms with van der Waals surface area (Å²) in [5.41, 5.74) is -0.611. The number of nitriles is 1. The number of sulfonamides is 1. The molecule has 21 heavy (non-hydrogen) atoms. The van der Waals surface area contributed by atoms with E-state index in [0.29, 0.717) is 0 Å². The fraction of sp³-hybridized carbons (Fsp3) is 0.333. The van der Waals surface area contributed by atoms with Crippen molar-refractivity contribution in [2.24, 2.45) is 0 Å². The lowest BCUT2D eigenvalue weighted by molar-refractivity contribution is -0.141. The molecule has 112 valence electrons. The Morgan fingerprint density at radius 3 is 2.86 bits per heavy atom. The minimum atomic E-state index is -4.27. The van der Waals surface area contributed by atoms with E-state index >= 15 is 0 Å². The molecule has 1 unspecified atom stereocenters. The van der Waals surface area contributed by atoms with Gasteiger partial charge in [0, 0.05) is 19.6 Å². The van der Waals surface area contributed by atoms with E-state index in [2.05, 4.69) is 5.32 Å². The van der Waals surface area contributed by atoms with Crippen molar-refractivity contribution < 1.29 is 22.7 Å². The smallest absolute Gasteiger partial charge is 0.323 e. The van der Waals surface area contributed by atoms with Gasteiger partial charge in [-0.05, 0) is 12.1 Å². The highest BCUT2D eigenvalue weighted by atomic mass is 32.2. The summed E-state index contributed by atoms with van der Waals surface area (Å²) in [7, 11) is -4.27. The summed E-state index contributed by atoms with van der Waals surface area (Å²) in [5.74, 6) is -2.26. The second kappa shape index (κ2) is 5.77. The van der Waals surface area contributed by atoms with Crippen molar-refractivity contribution in [3.05, 3.63) is 29.6 Å². The van der Waals surface area contributed by atoms with Gasteiger partial charge in [-0.15, -0.1) is 0 Å². The van der Waals surface area contributed by atoms with Gasteiger partial charge in [-0.2, -0.15) is 9.57 Å². The molecule has 2 rings (SSSR count). The average Bonchev–Trinajstić information content (AvgIpc) is 2.46. The van der Waals surface area contributed by atoms with Crippen LogP contribution in [0.5, 0.6) is 0 Å². The first-order valence-electron chi connectivity index (χ1n) is 6.03. The van der Waals surface area contributed by atoms with E-state index in [1.165, 1.54) is 12.1 Å². The minimum absolute atomic E-state index is 0.0498. The van der Waals surface area contributed by atoms with Gasteiger partial charge in [0.2, 0.25) is 10.0 Å². The first kappa shape index (κ1) is 15.4. The second-order valence-electron chi connectivity index (χ2n) is 4.40. The fourth-order valence-corrected chi connectivity index (χ4v) is 3.87. The van der Waals surface area contributed by atoms with Gasteiger partial charge in [-0.1, -0.05) is 6.07 Å². The SMILES string of the molecule is N#Cc1c(F)cccc1S(=O)(=O)N1CCNCC1C(=O)O. The number of nitrogens with zero attached hydrogens (tertiary/aromatic N) is 2. The van der Waals surface area contributed by atoms with Crippen molar-refractivity contribution in [2.75, 3.05) is 19.6 Å². The normalized spacial score (nSPS) is 19.9. The predicted molar refractivity (Wildman–Crippen MR) is 69.3 cm³/mol. The van der Waals surface area contributed by atoms with Crippen LogP contribution in [-0.4, -0.2) is 49.5 Å². The molecule has 0 amide bonds. The van der Waals surface area contributed by atoms with Crippen LogP contribution in [0, 0.1) is 17.1 Å². The van der Waals surface area contributed by atoms with Crippen LogP contribution in [-0.2, 0) is 14.8 Å². The highest BCUT2D eigenvalue weighted by Crippen LogP contribution is 2.24.